The van der Waals surface area contributed by atoms with E-state index in [0.29, 0.717) is 5.69 Å². The molecule has 0 spiro atoms. The van der Waals surface area contributed by atoms with Crippen LogP contribution in [0, 0.1) is 6.92 Å². The number of hydrogen-bond acceptors (Lipinski definition) is 3. The van der Waals surface area contributed by atoms with Crippen LogP contribution in [0.2, 0.25) is 0 Å². The number of phenols is 1. The van der Waals surface area contributed by atoms with Gasteiger partial charge in [-0.15, -0.1) is 0 Å². The summed E-state index contributed by atoms with van der Waals surface area (Å²) >= 11 is 0. The first kappa shape index (κ1) is 13.5. The van der Waals surface area contributed by atoms with E-state index in [4.69, 9.17) is 4.74 Å². The second kappa shape index (κ2) is 5.19. The van der Waals surface area contributed by atoms with Crippen LogP contribution in [0.3, 0.4) is 0 Å². The quantitative estimate of drug-likeness (QED) is 0.794. The van der Waals surface area contributed by atoms with Gasteiger partial charge in [-0.3, -0.25) is 4.79 Å². The van der Waals surface area contributed by atoms with Crippen molar-refractivity contribution < 1.29 is 14.6 Å². The number of phenolic OH excluding ortho intramolecular Hbond substituents is 1. The van der Waals surface area contributed by atoms with E-state index in [1.54, 1.807) is 12.1 Å². The monoisotopic (exact) mass is 237 g/mol. The molecule has 0 aliphatic rings. The SMILES string of the molecule is Cc1ccc(NC(=O)COC(C)(C)C)c(O)c1. The van der Waals surface area contributed by atoms with Crippen molar-refractivity contribution in [1.82, 2.24) is 0 Å². The number of amides is 1. The Morgan fingerprint density at radius 3 is 2.59 bits per heavy atom. The second-order valence-electron chi connectivity index (χ2n) is 4.97. The van der Waals surface area contributed by atoms with Crippen LogP contribution in [-0.4, -0.2) is 23.2 Å². The molecule has 0 atom stereocenters. The molecule has 0 radical (unpaired) electrons. The van der Waals surface area contributed by atoms with Crippen LogP contribution < -0.4 is 5.32 Å². The van der Waals surface area contributed by atoms with Crippen molar-refractivity contribution >= 4 is 11.6 Å². The lowest BCUT2D eigenvalue weighted by atomic mass is 10.2. The van der Waals surface area contributed by atoms with E-state index in [-0.39, 0.29) is 23.9 Å². The summed E-state index contributed by atoms with van der Waals surface area (Å²) in [6.45, 7) is 7.47. The van der Waals surface area contributed by atoms with Crippen molar-refractivity contribution in [1.29, 1.82) is 0 Å². The maximum Gasteiger partial charge on any atom is 0.250 e. The molecule has 0 aliphatic heterocycles. The van der Waals surface area contributed by atoms with Gasteiger partial charge in [-0.2, -0.15) is 0 Å². The number of benzene rings is 1. The second-order valence-corrected chi connectivity index (χ2v) is 4.97. The molecule has 4 heteroatoms. The molecule has 1 amide bonds. The van der Waals surface area contributed by atoms with E-state index in [0.717, 1.165) is 5.56 Å². The molecule has 0 unspecified atom stereocenters. The van der Waals surface area contributed by atoms with Gasteiger partial charge in [0.1, 0.15) is 12.4 Å². The molecule has 0 saturated heterocycles. The average molecular weight is 237 g/mol. The molecule has 1 rings (SSSR count). The minimum Gasteiger partial charge on any atom is -0.506 e. The number of aromatic hydroxyl groups is 1. The van der Waals surface area contributed by atoms with Gasteiger partial charge in [-0.05, 0) is 45.4 Å². The van der Waals surface area contributed by atoms with Crippen LogP contribution >= 0.6 is 0 Å². The van der Waals surface area contributed by atoms with E-state index >= 15 is 0 Å². The highest BCUT2D eigenvalue weighted by Crippen LogP contribution is 2.23. The van der Waals surface area contributed by atoms with Crippen molar-refractivity contribution in [3.8, 4) is 5.75 Å². The number of nitrogens with one attached hydrogen (secondary N) is 1. The summed E-state index contributed by atoms with van der Waals surface area (Å²) in [6.07, 6.45) is 0. The van der Waals surface area contributed by atoms with Gasteiger partial charge >= 0.3 is 0 Å². The Kier molecular flexibility index (Phi) is 4.12. The van der Waals surface area contributed by atoms with Gasteiger partial charge < -0.3 is 15.2 Å². The first-order chi connectivity index (χ1) is 7.78. The summed E-state index contributed by atoms with van der Waals surface area (Å²) in [5.74, 6) is -0.215. The summed E-state index contributed by atoms with van der Waals surface area (Å²) < 4.78 is 5.33. The summed E-state index contributed by atoms with van der Waals surface area (Å²) in [5, 5.41) is 12.2. The maximum atomic E-state index is 11.5. The van der Waals surface area contributed by atoms with E-state index < -0.39 is 0 Å². The van der Waals surface area contributed by atoms with Gasteiger partial charge in [-0.25, -0.2) is 0 Å². The molecular weight excluding hydrogens is 218 g/mol. The highest BCUT2D eigenvalue weighted by atomic mass is 16.5. The van der Waals surface area contributed by atoms with Crippen molar-refractivity contribution in [3.05, 3.63) is 23.8 Å². The molecule has 1 aromatic rings. The molecule has 94 valence electrons. The lowest BCUT2D eigenvalue weighted by molar-refractivity contribution is -0.125. The number of ether oxygens (including phenoxy) is 1. The first-order valence-corrected chi connectivity index (χ1v) is 5.51. The lowest BCUT2D eigenvalue weighted by Crippen LogP contribution is -2.27. The molecular formula is C13H19NO3. The summed E-state index contributed by atoms with van der Waals surface area (Å²) in [4.78, 5) is 11.5. The number of carbonyl (C=O) groups is 1. The molecule has 0 fully saturated rings. The third kappa shape index (κ3) is 4.87. The Bertz CT molecular complexity index is 408. The molecule has 0 aliphatic carbocycles. The highest BCUT2D eigenvalue weighted by Gasteiger charge is 2.13. The minimum atomic E-state index is -0.355. The van der Waals surface area contributed by atoms with Crippen LogP contribution in [-0.2, 0) is 9.53 Å². The van der Waals surface area contributed by atoms with Gasteiger partial charge in [-0.1, -0.05) is 6.07 Å². The van der Waals surface area contributed by atoms with Crippen molar-refractivity contribution in [2.75, 3.05) is 11.9 Å². The Hall–Kier alpha value is -1.55. The normalized spacial score (nSPS) is 11.3. The average Bonchev–Trinajstić information content (AvgIpc) is 2.18. The van der Waals surface area contributed by atoms with Gasteiger partial charge in [0.2, 0.25) is 5.91 Å². The Labute approximate surface area is 102 Å². The predicted octanol–water partition coefficient (Wildman–Crippen LogP) is 2.45. The standard InChI is InChI=1S/C13H19NO3/c1-9-5-6-10(11(15)7-9)14-12(16)8-17-13(2,3)4/h5-7,15H,8H2,1-4H3,(H,14,16). The molecule has 17 heavy (non-hydrogen) atoms. The smallest absolute Gasteiger partial charge is 0.250 e. The minimum absolute atomic E-state index is 0.0309. The van der Waals surface area contributed by atoms with Gasteiger partial charge in [0, 0.05) is 0 Å². The fourth-order valence-corrected chi connectivity index (χ4v) is 1.22. The summed E-state index contributed by atoms with van der Waals surface area (Å²) in [5.41, 5.74) is 0.983. The Morgan fingerprint density at radius 1 is 1.41 bits per heavy atom. The molecule has 4 nitrogen and oxygen atoms in total. The van der Waals surface area contributed by atoms with E-state index in [1.807, 2.05) is 33.8 Å². The third-order valence-electron chi connectivity index (χ3n) is 2.06. The van der Waals surface area contributed by atoms with E-state index in [1.165, 1.54) is 0 Å². The zero-order chi connectivity index (χ0) is 13.1. The fourth-order valence-electron chi connectivity index (χ4n) is 1.22. The zero-order valence-electron chi connectivity index (χ0n) is 10.7. The summed E-state index contributed by atoms with van der Waals surface area (Å²) in [7, 11) is 0. The van der Waals surface area contributed by atoms with Crippen molar-refractivity contribution in [2.45, 2.75) is 33.3 Å². The predicted molar refractivity (Wildman–Crippen MR) is 67.2 cm³/mol. The van der Waals surface area contributed by atoms with Gasteiger partial charge in [0.05, 0.1) is 11.3 Å². The zero-order valence-corrected chi connectivity index (χ0v) is 10.7. The molecule has 0 bridgehead atoms. The van der Waals surface area contributed by atoms with Crippen LogP contribution in [0.25, 0.3) is 0 Å². The molecule has 0 heterocycles. The maximum absolute atomic E-state index is 11.5. The highest BCUT2D eigenvalue weighted by molar-refractivity contribution is 5.93. The number of aryl methyl sites for hydroxylation is 1. The Balaban J connectivity index is 2.57. The van der Waals surface area contributed by atoms with Crippen LogP contribution in [0.5, 0.6) is 5.75 Å². The topological polar surface area (TPSA) is 58.6 Å². The van der Waals surface area contributed by atoms with E-state index in [9.17, 15) is 9.90 Å². The number of anilines is 1. The van der Waals surface area contributed by atoms with Crippen LogP contribution in [0.1, 0.15) is 26.3 Å². The van der Waals surface area contributed by atoms with Gasteiger partial charge in [0.15, 0.2) is 0 Å². The number of rotatable bonds is 3. The lowest BCUT2D eigenvalue weighted by Gasteiger charge is -2.19. The molecule has 1 aromatic carbocycles. The molecule has 0 aromatic heterocycles. The van der Waals surface area contributed by atoms with Gasteiger partial charge in [0.25, 0.3) is 0 Å². The first-order valence-electron chi connectivity index (χ1n) is 5.51. The van der Waals surface area contributed by atoms with Crippen molar-refractivity contribution in [2.24, 2.45) is 0 Å². The number of hydrogen-bond donors (Lipinski definition) is 2. The van der Waals surface area contributed by atoms with Crippen LogP contribution in [0.4, 0.5) is 5.69 Å². The van der Waals surface area contributed by atoms with Crippen LogP contribution in [0.15, 0.2) is 18.2 Å². The summed E-state index contributed by atoms with van der Waals surface area (Å²) in [6, 6.07) is 5.08. The number of carbonyl (C=O) groups excluding carboxylic acids is 1. The van der Waals surface area contributed by atoms with E-state index in [2.05, 4.69) is 5.32 Å². The van der Waals surface area contributed by atoms with Crippen molar-refractivity contribution in [3.63, 3.8) is 0 Å². The fraction of sp³-hybridized carbons (Fsp3) is 0.462. The third-order valence-corrected chi connectivity index (χ3v) is 2.06. The Morgan fingerprint density at radius 2 is 2.06 bits per heavy atom. The molecule has 2 N–H and O–H groups in total. The molecule has 0 saturated carbocycles. The largest absolute Gasteiger partial charge is 0.506 e.